The lowest BCUT2D eigenvalue weighted by Gasteiger charge is -1.98. The molecule has 1 saturated heterocycles. The number of rotatable bonds is 1. The third-order valence-corrected chi connectivity index (χ3v) is 3.74. The molecule has 0 aromatic rings. The van der Waals surface area contributed by atoms with Crippen molar-refractivity contribution in [3.05, 3.63) is 0 Å². The van der Waals surface area contributed by atoms with Crippen LogP contribution in [0.1, 0.15) is 19.8 Å². The molecule has 0 unspecified atom stereocenters. The molecule has 1 aliphatic heterocycles. The predicted molar refractivity (Wildman–Crippen MR) is 37.1 cm³/mol. The fourth-order valence-electron chi connectivity index (χ4n) is 1.19. The van der Waals surface area contributed by atoms with Crippen LogP contribution in [0.3, 0.4) is 0 Å². The molecule has 0 amide bonds. The maximum atomic E-state index is 10.8. The molecule has 0 aromatic carbocycles. The highest BCUT2D eigenvalue weighted by molar-refractivity contribution is 7.91. The van der Waals surface area contributed by atoms with Gasteiger partial charge in [0.1, 0.15) is 0 Å². The zero-order valence-corrected chi connectivity index (χ0v) is 6.45. The van der Waals surface area contributed by atoms with E-state index in [2.05, 4.69) is 0 Å². The third kappa shape index (κ3) is 1.68. The molecule has 0 N–H and O–H groups in total. The van der Waals surface area contributed by atoms with Crippen molar-refractivity contribution in [3.63, 3.8) is 0 Å². The first-order chi connectivity index (χ1) is 4.14. The maximum absolute atomic E-state index is 10.8. The molecule has 1 rings (SSSR count). The van der Waals surface area contributed by atoms with E-state index in [0.717, 1.165) is 12.8 Å². The summed E-state index contributed by atoms with van der Waals surface area (Å²) in [7, 11) is -2.61. The van der Waals surface area contributed by atoms with Crippen molar-refractivity contribution >= 4 is 9.84 Å². The van der Waals surface area contributed by atoms with Gasteiger partial charge in [-0.1, -0.05) is 13.3 Å². The minimum absolute atomic E-state index is 0.422. The molecule has 1 atom stereocenters. The van der Waals surface area contributed by atoms with Crippen LogP contribution in [0.4, 0.5) is 0 Å². The standard InChI is InChI=1S/C6H12O2S/c1-2-6-3-4-9(7,8)5-6/h6H,2-5H2,1H3/t6-/m0/s1. The SMILES string of the molecule is CC[C@H]1CCS(=O)(=O)C1. The lowest BCUT2D eigenvalue weighted by atomic mass is 10.1. The monoisotopic (exact) mass is 148 g/mol. The summed E-state index contributed by atoms with van der Waals surface area (Å²) in [6.07, 6.45) is 1.90. The lowest BCUT2D eigenvalue weighted by molar-refractivity contribution is 0.570. The Kier molecular flexibility index (Phi) is 1.80. The largest absolute Gasteiger partial charge is 0.229 e. The normalized spacial score (nSPS) is 32.8. The van der Waals surface area contributed by atoms with Gasteiger partial charge in [-0.05, 0) is 12.3 Å². The number of sulfone groups is 1. The average Bonchev–Trinajstić information content (AvgIpc) is 2.10. The second kappa shape index (κ2) is 2.29. The van der Waals surface area contributed by atoms with Gasteiger partial charge in [0.15, 0.2) is 9.84 Å². The Morgan fingerprint density at radius 1 is 1.56 bits per heavy atom. The average molecular weight is 148 g/mol. The van der Waals surface area contributed by atoms with Crippen molar-refractivity contribution in [3.8, 4) is 0 Å². The van der Waals surface area contributed by atoms with E-state index in [-0.39, 0.29) is 0 Å². The van der Waals surface area contributed by atoms with Crippen molar-refractivity contribution in [1.82, 2.24) is 0 Å². The van der Waals surface area contributed by atoms with E-state index in [1.54, 1.807) is 0 Å². The summed E-state index contributed by atoms with van der Waals surface area (Å²) in [4.78, 5) is 0. The molecule has 9 heavy (non-hydrogen) atoms. The highest BCUT2D eigenvalue weighted by atomic mass is 32.2. The molecule has 1 heterocycles. The number of hydrogen-bond donors (Lipinski definition) is 0. The third-order valence-electron chi connectivity index (χ3n) is 1.90. The van der Waals surface area contributed by atoms with Gasteiger partial charge < -0.3 is 0 Å². The highest BCUT2D eigenvalue weighted by Gasteiger charge is 2.25. The van der Waals surface area contributed by atoms with Crippen LogP contribution < -0.4 is 0 Å². The van der Waals surface area contributed by atoms with Crippen LogP contribution in [0.5, 0.6) is 0 Å². The zero-order valence-electron chi connectivity index (χ0n) is 5.63. The second-order valence-electron chi connectivity index (χ2n) is 2.68. The first kappa shape index (κ1) is 7.06. The first-order valence-corrected chi connectivity index (χ1v) is 5.16. The van der Waals surface area contributed by atoms with Gasteiger partial charge in [0, 0.05) is 0 Å². The molecule has 0 bridgehead atoms. The van der Waals surface area contributed by atoms with Gasteiger partial charge in [0.25, 0.3) is 0 Å². The first-order valence-electron chi connectivity index (χ1n) is 3.34. The molecule has 1 fully saturated rings. The summed E-state index contributed by atoms with van der Waals surface area (Å²) >= 11 is 0. The molecule has 0 saturated carbocycles. The summed E-state index contributed by atoms with van der Waals surface area (Å²) in [5.74, 6) is 1.31. The van der Waals surface area contributed by atoms with E-state index in [1.807, 2.05) is 6.92 Å². The molecular weight excluding hydrogens is 136 g/mol. The summed E-state index contributed by atoms with van der Waals surface area (Å²) in [5, 5.41) is 0. The molecule has 2 nitrogen and oxygen atoms in total. The van der Waals surface area contributed by atoms with E-state index in [4.69, 9.17) is 0 Å². The fraction of sp³-hybridized carbons (Fsp3) is 1.00. The van der Waals surface area contributed by atoms with E-state index < -0.39 is 9.84 Å². The quantitative estimate of drug-likeness (QED) is 0.552. The second-order valence-corrected chi connectivity index (χ2v) is 4.91. The van der Waals surface area contributed by atoms with Gasteiger partial charge in [-0.25, -0.2) is 8.42 Å². The number of hydrogen-bond acceptors (Lipinski definition) is 2. The van der Waals surface area contributed by atoms with Crippen LogP contribution in [0, 0.1) is 5.92 Å². The van der Waals surface area contributed by atoms with E-state index in [0.29, 0.717) is 17.4 Å². The summed E-state index contributed by atoms with van der Waals surface area (Å²) in [6.45, 7) is 2.05. The Morgan fingerprint density at radius 2 is 2.22 bits per heavy atom. The topological polar surface area (TPSA) is 34.1 Å². The van der Waals surface area contributed by atoms with Crippen LogP contribution in [-0.2, 0) is 9.84 Å². The smallest absolute Gasteiger partial charge is 0.150 e. The van der Waals surface area contributed by atoms with Crippen LogP contribution in [0.15, 0.2) is 0 Å². The van der Waals surface area contributed by atoms with Crippen molar-refractivity contribution in [2.75, 3.05) is 11.5 Å². The Balaban J connectivity index is 2.58. The fourth-order valence-corrected chi connectivity index (χ4v) is 3.17. The van der Waals surface area contributed by atoms with Gasteiger partial charge in [-0.2, -0.15) is 0 Å². The Hall–Kier alpha value is -0.0500. The molecule has 0 aliphatic carbocycles. The van der Waals surface area contributed by atoms with E-state index >= 15 is 0 Å². The molecule has 0 aromatic heterocycles. The van der Waals surface area contributed by atoms with E-state index in [9.17, 15) is 8.42 Å². The van der Waals surface area contributed by atoms with Crippen molar-refractivity contribution in [2.24, 2.45) is 5.92 Å². The Morgan fingerprint density at radius 3 is 2.44 bits per heavy atom. The summed E-state index contributed by atoms with van der Waals surface area (Å²) < 4.78 is 21.6. The van der Waals surface area contributed by atoms with E-state index in [1.165, 1.54) is 0 Å². The lowest BCUT2D eigenvalue weighted by Crippen LogP contribution is -2.03. The minimum Gasteiger partial charge on any atom is -0.229 e. The zero-order chi connectivity index (χ0) is 6.91. The molecule has 54 valence electrons. The van der Waals surface area contributed by atoms with Crippen LogP contribution in [0.2, 0.25) is 0 Å². The minimum atomic E-state index is -2.61. The predicted octanol–water partition coefficient (Wildman–Crippen LogP) is 0.831. The molecule has 0 spiro atoms. The maximum Gasteiger partial charge on any atom is 0.150 e. The summed E-state index contributed by atoms with van der Waals surface area (Å²) in [6, 6.07) is 0. The van der Waals surface area contributed by atoms with Gasteiger partial charge in [-0.3, -0.25) is 0 Å². The Labute approximate surface area is 56.2 Å². The van der Waals surface area contributed by atoms with Crippen molar-refractivity contribution in [2.45, 2.75) is 19.8 Å². The van der Waals surface area contributed by atoms with Crippen LogP contribution >= 0.6 is 0 Å². The van der Waals surface area contributed by atoms with Crippen LogP contribution in [-0.4, -0.2) is 19.9 Å². The van der Waals surface area contributed by atoms with Gasteiger partial charge in [0.2, 0.25) is 0 Å². The van der Waals surface area contributed by atoms with Crippen molar-refractivity contribution < 1.29 is 8.42 Å². The Bertz CT molecular complexity index is 181. The molecule has 1 aliphatic rings. The molecule has 0 radical (unpaired) electrons. The van der Waals surface area contributed by atoms with Gasteiger partial charge in [0.05, 0.1) is 11.5 Å². The van der Waals surface area contributed by atoms with Gasteiger partial charge in [-0.15, -0.1) is 0 Å². The van der Waals surface area contributed by atoms with Crippen molar-refractivity contribution in [1.29, 1.82) is 0 Å². The van der Waals surface area contributed by atoms with Gasteiger partial charge >= 0.3 is 0 Å². The molecular formula is C6H12O2S. The molecule has 3 heteroatoms. The summed E-state index contributed by atoms with van der Waals surface area (Å²) in [5.41, 5.74) is 0. The highest BCUT2D eigenvalue weighted by Crippen LogP contribution is 2.20. The van der Waals surface area contributed by atoms with Crippen LogP contribution in [0.25, 0.3) is 0 Å².